The zero-order chi connectivity index (χ0) is 19.8. The van der Waals surface area contributed by atoms with Gasteiger partial charge in [-0.3, -0.25) is 4.79 Å². The highest BCUT2D eigenvalue weighted by Crippen LogP contribution is 2.28. The fraction of sp³-hybridized carbons (Fsp3) is 0.389. The van der Waals surface area contributed by atoms with Crippen LogP contribution in [0.1, 0.15) is 27.3 Å². The topological polar surface area (TPSA) is 91.5 Å². The minimum Gasteiger partial charge on any atom is -0.379 e. The number of hydrogen-bond acceptors (Lipinski definition) is 4. The second-order valence-electron chi connectivity index (χ2n) is 6.51. The van der Waals surface area contributed by atoms with E-state index in [1.54, 1.807) is 32.0 Å². The minimum atomic E-state index is -3.70. The van der Waals surface area contributed by atoms with Gasteiger partial charge < -0.3 is 15.0 Å². The number of anilines is 1. The van der Waals surface area contributed by atoms with Gasteiger partial charge in [0.25, 0.3) is 5.91 Å². The van der Waals surface area contributed by atoms with Crippen molar-refractivity contribution in [3.63, 3.8) is 0 Å². The number of sulfonamides is 1. The van der Waals surface area contributed by atoms with Gasteiger partial charge in [0.2, 0.25) is 10.0 Å². The number of halogens is 1. The summed E-state index contributed by atoms with van der Waals surface area (Å²) in [6, 6.07) is 5.15. The summed E-state index contributed by atoms with van der Waals surface area (Å²) >= 11 is 5.94. The molecule has 2 N–H and O–H groups in total. The summed E-state index contributed by atoms with van der Waals surface area (Å²) in [6.07, 6.45) is 0. The number of ether oxygens (including phenoxy) is 1. The Morgan fingerprint density at radius 1 is 1.22 bits per heavy atom. The van der Waals surface area contributed by atoms with Crippen LogP contribution < -0.4 is 5.32 Å². The average Bonchev–Trinajstić information content (AvgIpc) is 2.93. The molecule has 1 aliphatic heterocycles. The molecular weight excluding hydrogens is 390 g/mol. The second kappa shape index (κ2) is 7.63. The number of morpholine rings is 1. The Morgan fingerprint density at radius 2 is 1.89 bits per heavy atom. The van der Waals surface area contributed by atoms with Gasteiger partial charge in [0.05, 0.1) is 13.2 Å². The molecule has 146 valence electrons. The van der Waals surface area contributed by atoms with Crippen LogP contribution in [0, 0.1) is 20.8 Å². The smallest absolute Gasteiger partial charge is 0.272 e. The van der Waals surface area contributed by atoms with Crippen molar-refractivity contribution in [2.45, 2.75) is 25.7 Å². The third-order valence-corrected chi connectivity index (χ3v) is 7.01. The summed E-state index contributed by atoms with van der Waals surface area (Å²) in [5, 5.41) is 3.39. The Hall–Kier alpha value is -1.87. The molecule has 0 saturated carbocycles. The standard InChI is InChI=1S/C18H22ClN3O4S/c1-11-10-14(19)4-5-15(11)21-18(23)16-12(2)17(13(3)20-16)27(24,25)22-6-8-26-9-7-22/h4-5,10,20H,6-9H2,1-3H3,(H,21,23). The molecule has 0 bridgehead atoms. The van der Waals surface area contributed by atoms with Gasteiger partial charge in [-0.15, -0.1) is 0 Å². The van der Waals surface area contributed by atoms with E-state index >= 15 is 0 Å². The maximum atomic E-state index is 13.0. The lowest BCUT2D eigenvalue weighted by Gasteiger charge is -2.26. The van der Waals surface area contributed by atoms with Crippen molar-refractivity contribution >= 4 is 33.2 Å². The molecule has 7 nitrogen and oxygen atoms in total. The highest BCUT2D eigenvalue weighted by Gasteiger charge is 2.32. The Bertz CT molecular complexity index is 979. The normalized spacial score (nSPS) is 15.7. The number of nitrogens with zero attached hydrogens (tertiary/aromatic N) is 1. The molecule has 1 saturated heterocycles. The third kappa shape index (κ3) is 3.89. The zero-order valence-electron chi connectivity index (χ0n) is 15.4. The minimum absolute atomic E-state index is 0.155. The first-order chi connectivity index (χ1) is 12.7. The number of benzene rings is 1. The molecule has 1 aliphatic rings. The number of carbonyl (C=O) groups is 1. The molecule has 9 heteroatoms. The quantitative estimate of drug-likeness (QED) is 0.809. The van der Waals surface area contributed by atoms with Gasteiger partial charge in [0, 0.05) is 29.5 Å². The number of aromatic nitrogens is 1. The second-order valence-corrected chi connectivity index (χ2v) is 8.82. The van der Waals surface area contributed by atoms with Gasteiger partial charge in [-0.25, -0.2) is 8.42 Å². The van der Waals surface area contributed by atoms with E-state index in [1.165, 1.54) is 4.31 Å². The number of hydrogen-bond donors (Lipinski definition) is 2. The fourth-order valence-corrected chi connectivity index (χ4v) is 5.26. The van der Waals surface area contributed by atoms with Crippen LogP contribution in [0.2, 0.25) is 5.02 Å². The van der Waals surface area contributed by atoms with Gasteiger partial charge in [0.15, 0.2) is 0 Å². The van der Waals surface area contributed by atoms with Crippen molar-refractivity contribution < 1.29 is 17.9 Å². The lowest BCUT2D eigenvalue weighted by molar-refractivity contribution is 0.0730. The van der Waals surface area contributed by atoms with Gasteiger partial charge in [-0.1, -0.05) is 11.6 Å². The Morgan fingerprint density at radius 3 is 2.52 bits per heavy atom. The summed E-state index contributed by atoms with van der Waals surface area (Å²) in [6.45, 7) is 6.47. The van der Waals surface area contributed by atoms with Crippen molar-refractivity contribution in [1.29, 1.82) is 0 Å². The van der Waals surface area contributed by atoms with Crippen molar-refractivity contribution in [1.82, 2.24) is 9.29 Å². The summed E-state index contributed by atoms with van der Waals surface area (Å²) in [7, 11) is -3.70. The Balaban J connectivity index is 1.92. The van der Waals surface area contributed by atoms with Crippen LogP contribution in [0.4, 0.5) is 5.69 Å². The Labute approximate surface area is 163 Å². The highest BCUT2D eigenvalue weighted by molar-refractivity contribution is 7.89. The van der Waals surface area contributed by atoms with E-state index < -0.39 is 15.9 Å². The molecule has 2 aromatic rings. The van der Waals surface area contributed by atoms with Crippen LogP contribution in [-0.2, 0) is 14.8 Å². The number of nitrogens with one attached hydrogen (secondary N) is 2. The van der Waals surface area contributed by atoms with E-state index in [1.807, 2.05) is 6.92 Å². The number of aromatic amines is 1. The van der Waals surface area contributed by atoms with Crippen molar-refractivity contribution in [2.75, 3.05) is 31.6 Å². The summed E-state index contributed by atoms with van der Waals surface area (Å²) in [4.78, 5) is 15.8. The van der Waals surface area contributed by atoms with Crippen molar-refractivity contribution in [2.24, 2.45) is 0 Å². The first kappa shape index (κ1) is 19.9. The maximum absolute atomic E-state index is 13.0. The average molecular weight is 412 g/mol. The lowest BCUT2D eigenvalue weighted by Crippen LogP contribution is -2.40. The highest BCUT2D eigenvalue weighted by atomic mass is 35.5. The number of aryl methyl sites for hydroxylation is 2. The molecule has 3 rings (SSSR count). The molecule has 1 fully saturated rings. The molecule has 1 aromatic heterocycles. The first-order valence-corrected chi connectivity index (χ1v) is 10.4. The number of rotatable bonds is 4. The Kier molecular flexibility index (Phi) is 5.62. The van der Waals surface area contributed by atoms with E-state index in [9.17, 15) is 13.2 Å². The van der Waals surface area contributed by atoms with Gasteiger partial charge >= 0.3 is 0 Å². The zero-order valence-corrected chi connectivity index (χ0v) is 17.0. The van der Waals surface area contributed by atoms with Gasteiger partial charge in [-0.05, 0) is 50.1 Å². The largest absolute Gasteiger partial charge is 0.379 e. The van der Waals surface area contributed by atoms with E-state index in [2.05, 4.69) is 10.3 Å². The molecule has 0 atom stereocenters. The summed E-state index contributed by atoms with van der Waals surface area (Å²) < 4.78 is 32.7. The number of carbonyl (C=O) groups excluding carboxylic acids is 1. The molecular formula is C18H22ClN3O4S. The van der Waals surface area contributed by atoms with Gasteiger partial charge in [-0.2, -0.15) is 4.31 Å². The SMILES string of the molecule is Cc1cc(Cl)ccc1NC(=O)c1[nH]c(C)c(S(=O)(=O)N2CCOCC2)c1C. The monoisotopic (exact) mass is 411 g/mol. The summed E-state index contributed by atoms with van der Waals surface area (Å²) in [5.74, 6) is -0.399. The fourth-order valence-electron chi connectivity index (χ4n) is 3.21. The van der Waals surface area contributed by atoms with E-state index in [-0.39, 0.29) is 10.6 Å². The van der Waals surface area contributed by atoms with E-state index in [0.29, 0.717) is 48.3 Å². The first-order valence-electron chi connectivity index (χ1n) is 8.56. The molecule has 1 aromatic carbocycles. The van der Waals surface area contributed by atoms with Crippen LogP contribution in [0.15, 0.2) is 23.1 Å². The van der Waals surface area contributed by atoms with Crippen LogP contribution >= 0.6 is 11.6 Å². The van der Waals surface area contributed by atoms with Crippen molar-refractivity contribution in [3.8, 4) is 0 Å². The molecule has 1 amide bonds. The van der Waals surface area contributed by atoms with Crippen LogP contribution in [-0.4, -0.2) is 49.9 Å². The third-order valence-electron chi connectivity index (χ3n) is 4.60. The molecule has 0 unspecified atom stereocenters. The van der Waals surface area contributed by atoms with Crippen LogP contribution in [0.5, 0.6) is 0 Å². The number of amides is 1. The molecule has 0 aliphatic carbocycles. The molecule has 2 heterocycles. The van der Waals surface area contributed by atoms with Gasteiger partial charge in [0.1, 0.15) is 10.6 Å². The number of H-pyrrole nitrogens is 1. The lowest BCUT2D eigenvalue weighted by atomic mass is 10.2. The molecule has 0 radical (unpaired) electrons. The predicted octanol–water partition coefficient (Wildman–Crippen LogP) is 2.87. The summed E-state index contributed by atoms with van der Waals surface area (Å²) in [5.41, 5.74) is 2.51. The van der Waals surface area contributed by atoms with E-state index in [4.69, 9.17) is 16.3 Å². The molecule has 0 spiro atoms. The predicted molar refractivity (Wildman–Crippen MR) is 104 cm³/mol. The van der Waals surface area contributed by atoms with Crippen molar-refractivity contribution in [3.05, 3.63) is 45.7 Å². The van der Waals surface area contributed by atoms with Crippen LogP contribution in [0.25, 0.3) is 0 Å². The van der Waals surface area contributed by atoms with E-state index in [0.717, 1.165) is 5.56 Å². The maximum Gasteiger partial charge on any atom is 0.272 e. The van der Waals surface area contributed by atoms with Crippen LogP contribution in [0.3, 0.4) is 0 Å². The molecule has 27 heavy (non-hydrogen) atoms.